The third-order valence-electron chi connectivity index (χ3n) is 6.22. The van der Waals surface area contributed by atoms with Crippen molar-refractivity contribution >= 4 is 21.6 Å². The minimum absolute atomic E-state index is 0.115. The Morgan fingerprint density at radius 1 is 1.03 bits per heavy atom. The molecule has 2 atom stereocenters. The molecule has 0 aliphatic carbocycles. The highest BCUT2D eigenvalue weighted by molar-refractivity contribution is 7.89. The van der Waals surface area contributed by atoms with E-state index < -0.39 is 10.0 Å². The van der Waals surface area contributed by atoms with E-state index in [0.717, 1.165) is 36.3 Å². The summed E-state index contributed by atoms with van der Waals surface area (Å²) in [6, 6.07) is 12.1. The smallest absolute Gasteiger partial charge is 0.258 e. The van der Waals surface area contributed by atoms with Crippen molar-refractivity contribution in [2.45, 2.75) is 38.0 Å². The maximum atomic E-state index is 13.2. The van der Waals surface area contributed by atoms with E-state index in [1.807, 2.05) is 18.2 Å². The van der Waals surface area contributed by atoms with Crippen LogP contribution in [0.15, 0.2) is 47.4 Å². The third kappa shape index (κ3) is 4.34. The maximum Gasteiger partial charge on any atom is 0.258 e. The molecule has 166 valence electrons. The van der Waals surface area contributed by atoms with Gasteiger partial charge in [0.05, 0.1) is 12.0 Å². The van der Waals surface area contributed by atoms with Crippen LogP contribution < -0.4 is 9.64 Å². The Morgan fingerprint density at radius 3 is 2.35 bits per heavy atom. The Labute approximate surface area is 184 Å². The summed E-state index contributed by atoms with van der Waals surface area (Å²) in [4.78, 5) is 15.2. The lowest BCUT2D eigenvalue weighted by Crippen LogP contribution is -2.42. The van der Waals surface area contributed by atoms with Gasteiger partial charge < -0.3 is 9.64 Å². The number of sulfonamides is 1. The molecular weight excluding hydrogens is 412 g/mol. The van der Waals surface area contributed by atoms with Gasteiger partial charge in [-0.1, -0.05) is 13.8 Å². The second kappa shape index (κ2) is 8.63. The average Bonchev–Trinajstić information content (AvgIpc) is 2.77. The first kappa shape index (κ1) is 21.8. The van der Waals surface area contributed by atoms with E-state index in [-0.39, 0.29) is 10.8 Å². The van der Waals surface area contributed by atoms with Gasteiger partial charge >= 0.3 is 0 Å². The molecule has 7 heteroatoms. The zero-order valence-electron chi connectivity index (χ0n) is 18.4. The molecule has 1 amide bonds. The zero-order chi connectivity index (χ0) is 22.2. The van der Waals surface area contributed by atoms with E-state index in [4.69, 9.17) is 4.74 Å². The van der Waals surface area contributed by atoms with Gasteiger partial charge in [0.2, 0.25) is 10.0 Å². The molecule has 6 nitrogen and oxygen atoms in total. The van der Waals surface area contributed by atoms with Gasteiger partial charge in [-0.2, -0.15) is 4.31 Å². The van der Waals surface area contributed by atoms with Gasteiger partial charge in [0, 0.05) is 30.9 Å². The van der Waals surface area contributed by atoms with E-state index in [1.165, 1.54) is 0 Å². The van der Waals surface area contributed by atoms with Gasteiger partial charge in [-0.15, -0.1) is 0 Å². The van der Waals surface area contributed by atoms with Crippen molar-refractivity contribution in [1.82, 2.24) is 4.31 Å². The lowest BCUT2D eigenvalue weighted by atomic mass is 9.94. The predicted molar refractivity (Wildman–Crippen MR) is 121 cm³/mol. The summed E-state index contributed by atoms with van der Waals surface area (Å²) in [7, 11) is -1.92. The van der Waals surface area contributed by atoms with Gasteiger partial charge in [-0.3, -0.25) is 4.79 Å². The number of rotatable bonds is 4. The fraction of sp³-hybridized carbons (Fsp3) is 0.458. The van der Waals surface area contributed by atoms with Crippen molar-refractivity contribution in [2.24, 2.45) is 11.8 Å². The number of ether oxygens (including phenoxy) is 1. The number of nitrogens with zero attached hydrogens (tertiary/aromatic N) is 2. The highest BCUT2D eigenvalue weighted by Crippen LogP contribution is 2.32. The molecule has 2 aliphatic rings. The van der Waals surface area contributed by atoms with Crippen LogP contribution >= 0.6 is 0 Å². The molecule has 0 saturated carbocycles. The summed E-state index contributed by atoms with van der Waals surface area (Å²) in [6.45, 7) is 5.91. The van der Waals surface area contributed by atoms with Crippen LogP contribution in [0.5, 0.6) is 5.75 Å². The van der Waals surface area contributed by atoms with Gasteiger partial charge in [0.15, 0.2) is 0 Å². The van der Waals surface area contributed by atoms with Crippen molar-refractivity contribution in [2.75, 3.05) is 31.6 Å². The molecule has 0 N–H and O–H groups in total. The van der Waals surface area contributed by atoms with E-state index in [0.29, 0.717) is 37.0 Å². The molecule has 2 aromatic rings. The van der Waals surface area contributed by atoms with Crippen LogP contribution in [0.4, 0.5) is 5.69 Å². The molecule has 2 unspecified atom stereocenters. The maximum absolute atomic E-state index is 13.2. The predicted octanol–water partition coefficient (Wildman–Crippen LogP) is 3.95. The molecule has 0 bridgehead atoms. The van der Waals surface area contributed by atoms with Gasteiger partial charge in [-0.05, 0) is 79.1 Å². The van der Waals surface area contributed by atoms with E-state index >= 15 is 0 Å². The van der Waals surface area contributed by atoms with Crippen molar-refractivity contribution in [3.63, 3.8) is 0 Å². The largest absolute Gasteiger partial charge is 0.497 e. The Bertz CT molecular complexity index is 1060. The number of methoxy groups -OCH3 is 1. The van der Waals surface area contributed by atoms with E-state index in [1.54, 1.807) is 40.6 Å². The quantitative estimate of drug-likeness (QED) is 0.719. The average molecular weight is 443 g/mol. The molecule has 2 heterocycles. The van der Waals surface area contributed by atoms with Crippen LogP contribution in [0.25, 0.3) is 0 Å². The molecular formula is C24H30N2O4S. The minimum atomic E-state index is -3.56. The number of hydrogen-bond acceptors (Lipinski definition) is 4. The highest BCUT2D eigenvalue weighted by Gasteiger charge is 2.32. The number of carbonyl (C=O) groups is 1. The first-order valence-electron chi connectivity index (χ1n) is 10.9. The molecule has 1 fully saturated rings. The van der Waals surface area contributed by atoms with Gasteiger partial charge in [-0.25, -0.2) is 8.42 Å². The molecule has 0 spiro atoms. The van der Waals surface area contributed by atoms with Crippen LogP contribution in [0.3, 0.4) is 0 Å². The summed E-state index contributed by atoms with van der Waals surface area (Å²) in [5.74, 6) is 1.36. The normalized spacial score (nSPS) is 22.1. The fourth-order valence-corrected chi connectivity index (χ4v) is 6.47. The number of amides is 1. The summed E-state index contributed by atoms with van der Waals surface area (Å²) in [5, 5.41) is 0. The van der Waals surface area contributed by atoms with Crippen LogP contribution in [-0.4, -0.2) is 45.4 Å². The van der Waals surface area contributed by atoms with Gasteiger partial charge in [0.1, 0.15) is 5.75 Å². The lowest BCUT2D eigenvalue weighted by molar-refractivity contribution is 0.0985. The number of aryl methyl sites for hydroxylation is 1. The number of carbonyl (C=O) groups excluding carboxylic acids is 1. The lowest BCUT2D eigenvalue weighted by Gasteiger charge is -2.34. The topological polar surface area (TPSA) is 66.9 Å². The summed E-state index contributed by atoms with van der Waals surface area (Å²) in [5.41, 5.74) is 2.47. The Balaban J connectivity index is 1.56. The Kier molecular flexibility index (Phi) is 6.08. The van der Waals surface area contributed by atoms with Crippen molar-refractivity contribution in [3.8, 4) is 5.75 Å². The standard InChI is InChI=1S/C24H30N2O4S/c1-17-13-18(2)16-25(15-17)31(28,29)22-9-6-19(7-10-22)24(27)26-12-4-5-20-14-21(30-3)8-11-23(20)26/h6-11,14,17-18H,4-5,12-13,15-16H2,1-3H3. The number of benzene rings is 2. The molecule has 4 rings (SSSR count). The fourth-order valence-electron chi connectivity index (χ4n) is 4.79. The zero-order valence-corrected chi connectivity index (χ0v) is 19.2. The molecule has 2 aliphatic heterocycles. The molecule has 2 aromatic carbocycles. The van der Waals surface area contributed by atoms with Crippen LogP contribution in [-0.2, 0) is 16.4 Å². The summed E-state index contributed by atoms with van der Waals surface area (Å²) < 4.78 is 33.1. The van der Waals surface area contributed by atoms with Crippen LogP contribution in [0, 0.1) is 11.8 Å². The third-order valence-corrected chi connectivity index (χ3v) is 8.07. The second-order valence-corrected chi connectivity index (χ2v) is 10.8. The molecule has 1 saturated heterocycles. The molecule has 31 heavy (non-hydrogen) atoms. The monoisotopic (exact) mass is 442 g/mol. The Hall–Kier alpha value is -2.38. The summed E-state index contributed by atoms with van der Waals surface area (Å²) >= 11 is 0. The highest BCUT2D eigenvalue weighted by atomic mass is 32.2. The number of fused-ring (bicyclic) bond motifs is 1. The first-order chi connectivity index (χ1) is 14.8. The van der Waals surface area contributed by atoms with Crippen molar-refractivity contribution in [1.29, 1.82) is 0 Å². The number of hydrogen-bond donors (Lipinski definition) is 0. The molecule has 0 radical (unpaired) electrons. The first-order valence-corrected chi connectivity index (χ1v) is 12.3. The second-order valence-electron chi connectivity index (χ2n) is 8.85. The van der Waals surface area contributed by atoms with Gasteiger partial charge in [0.25, 0.3) is 5.91 Å². The Morgan fingerprint density at radius 2 is 1.71 bits per heavy atom. The number of piperidine rings is 1. The summed E-state index contributed by atoms with van der Waals surface area (Å²) in [6.07, 6.45) is 2.83. The van der Waals surface area contributed by atoms with E-state index in [9.17, 15) is 13.2 Å². The van der Waals surface area contributed by atoms with E-state index in [2.05, 4.69) is 13.8 Å². The van der Waals surface area contributed by atoms with Crippen LogP contribution in [0.1, 0.15) is 42.6 Å². The molecule has 0 aromatic heterocycles. The number of anilines is 1. The SMILES string of the molecule is COc1ccc2c(c1)CCCN2C(=O)c1ccc(S(=O)(=O)N2CC(C)CC(C)C2)cc1. The minimum Gasteiger partial charge on any atom is -0.497 e. The van der Waals surface area contributed by atoms with Crippen molar-refractivity contribution in [3.05, 3.63) is 53.6 Å². The van der Waals surface area contributed by atoms with Crippen LogP contribution in [0.2, 0.25) is 0 Å². The van der Waals surface area contributed by atoms with Crippen molar-refractivity contribution < 1.29 is 17.9 Å².